The van der Waals surface area contributed by atoms with Gasteiger partial charge in [0, 0.05) is 30.9 Å². The molecule has 1 unspecified atom stereocenters. The van der Waals surface area contributed by atoms with E-state index in [9.17, 15) is 9.59 Å². The Labute approximate surface area is 194 Å². The lowest BCUT2D eigenvalue weighted by atomic mass is 9.95. The second-order valence-corrected chi connectivity index (χ2v) is 10.0. The summed E-state index contributed by atoms with van der Waals surface area (Å²) in [6.07, 6.45) is 3.16. The number of halogens is 1. The Hall–Kier alpha value is -2.44. The number of nitrogens with zero attached hydrogens (tertiary/aromatic N) is 3. The van der Waals surface area contributed by atoms with Gasteiger partial charge in [-0.05, 0) is 75.4 Å². The number of rotatable bonds is 2. The number of fused-ring (bicyclic) bond motifs is 2. The molecule has 0 bridgehead atoms. The normalized spacial score (nSPS) is 21.3. The van der Waals surface area contributed by atoms with E-state index in [4.69, 9.17) is 21.3 Å². The lowest BCUT2D eigenvalue weighted by Gasteiger charge is -2.43. The molecule has 0 radical (unpaired) electrons. The Balaban J connectivity index is 1.70. The van der Waals surface area contributed by atoms with Crippen molar-refractivity contribution < 1.29 is 14.3 Å². The summed E-state index contributed by atoms with van der Waals surface area (Å²) in [6.45, 7) is 8.50. The number of carbonyl (C=O) groups excluding carboxylic acids is 2. The Bertz CT molecular complexity index is 1030. The van der Waals surface area contributed by atoms with Crippen LogP contribution in [0, 0.1) is 0 Å². The van der Waals surface area contributed by atoms with Crippen LogP contribution >= 0.6 is 11.6 Å². The maximum absolute atomic E-state index is 12.8. The van der Waals surface area contributed by atoms with Crippen molar-refractivity contribution >= 4 is 23.5 Å². The number of ketones is 1. The number of pyridine rings is 1. The second-order valence-electron chi connectivity index (χ2n) is 9.59. The van der Waals surface area contributed by atoms with E-state index < -0.39 is 17.7 Å². The van der Waals surface area contributed by atoms with E-state index in [1.54, 1.807) is 11.8 Å². The molecule has 1 saturated heterocycles. The predicted octanol–water partition coefficient (Wildman–Crippen LogP) is 4.43. The highest BCUT2D eigenvalue weighted by atomic mass is 35.5. The van der Waals surface area contributed by atoms with E-state index in [0.717, 1.165) is 23.6 Å². The number of carbonyl (C=O) groups is 2. The molecule has 1 aliphatic carbocycles. The summed E-state index contributed by atoms with van der Waals surface area (Å²) in [6, 6.07) is 9.47. The number of benzene rings is 1. The Morgan fingerprint density at radius 2 is 1.88 bits per heavy atom. The third-order valence-corrected chi connectivity index (χ3v) is 6.36. The molecule has 6 nitrogen and oxygen atoms in total. The van der Waals surface area contributed by atoms with Crippen molar-refractivity contribution in [1.82, 2.24) is 14.8 Å². The quantitative estimate of drug-likeness (QED) is 0.670. The first-order valence-electron chi connectivity index (χ1n) is 11.1. The summed E-state index contributed by atoms with van der Waals surface area (Å²) in [4.78, 5) is 34.0. The highest BCUT2D eigenvalue weighted by Crippen LogP contribution is 2.38. The number of hydrogen-bond donors (Lipinski definition) is 0. The molecule has 2 atom stereocenters. The smallest absolute Gasteiger partial charge is 0.410 e. The minimum atomic E-state index is -0.613. The van der Waals surface area contributed by atoms with Crippen LogP contribution in [0.4, 0.5) is 4.79 Å². The predicted molar refractivity (Wildman–Crippen MR) is 124 cm³/mol. The number of aryl methyl sites for hydroxylation is 2. The number of ether oxygens (including phenoxy) is 1. The van der Waals surface area contributed by atoms with Gasteiger partial charge in [0.05, 0.1) is 11.7 Å². The molecule has 1 aromatic carbocycles. The zero-order valence-corrected chi connectivity index (χ0v) is 19.9. The highest BCUT2D eigenvalue weighted by Gasteiger charge is 2.40. The molecule has 1 aromatic heterocycles. The molecule has 0 N–H and O–H groups in total. The van der Waals surface area contributed by atoms with Gasteiger partial charge in [0.15, 0.2) is 5.78 Å². The van der Waals surface area contributed by atoms with E-state index in [0.29, 0.717) is 19.6 Å². The first kappa shape index (κ1) is 22.7. The van der Waals surface area contributed by atoms with Crippen LogP contribution in [-0.2, 0) is 22.4 Å². The third kappa shape index (κ3) is 4.66. The van der Waals surface area contributed by atoms with Crippen molar-refractivity contribution in [3.63, 3.8) is 0 Å². The van der Waals surface area contributed by atoms with Crippen LogP contribution in [0.3, 0.4) is 0 Å². The van der Waals surface area contributed by atoms with Gasteiger partial charge < -0.3 is 4.74 Å². The molecule has 1 aliphatic heterocycles. The first-order valence-corrected chi connectivity index (χ1v) is 11.5. The van der Waals surface area contributed by atoms with Crippen molar-refractivity contribution in [1.29, 1.82) is 0 Å². The van der Waals surface area contributed by atoms with Crippen LogP contribution in [0.1, 0.15) is 56.1 Å². The minimum Gasteiger partial charge on any atom is -0.444 e. The Kier molecular flexibility index (Phi) is 6.28. The van der Waals surface area contributed by atoms with E-state index in [-0.39, 0.29) is 11.8 Å². The maximum atomic E-state index is 12.8. The maximum Gasteiger partial charge on any atom is 0.410 e. The minimum absolute atomic E-state index is 0.0493. The largest absolute Gasteiger partial charge is 0.444 e. The molecule has 32 heavy (non-hydrogen) atoms. The average molecular weight is 456 g/mol. The van der Waals surface area contributed by atoms with Crippen LogP contribution in [-0.4, -0.2) is 57.9 Å². The van der Waals surface area contributed by atoms with Gasteiger partial charge in [-0.3, -0.25) is 19.6 Å². The molecule has 2 aromatic rings. The van der Waals surface area contributed by atoms with Gasteiger partial charge >= 0.3 is 6.09 Å². The molecule has 0 spiro atoms. The van der Waals surface area contributed by atoms with Crippen molar-refractivity contribution in [3.8, 4) is 0 Å². The third-order valence-electron chi connectivity index (χ3n) is 6.12. The second kappa shape index (κ2) is 8.83. The average Bonchev–Trinajstić information content (AvgIpc) is 2.88. The molecule has 7 heteroatoms. The van der Waals surface area contributed by atoms with E-state index >= 15 is 0 Å². The molecule has 4 rings (SSSR count). The van der Waals surface area contributed by atoms with Crippen molar-refractivity contribution in [2.75, 3.05) is 19.6 Å². The standard InChI is InChI=1S/C25H30ClN3O3/c1-16(30)21-15-28(12-13-29(21)24(31)32-25(2,3)4)23-20-10-9-19(26)14-18(20)8-7-17-6-5-11-27-22(17)23/h5-6,9-11,14,21,23H,7-8,12-13,15H2,1-4H3/t21-,23?/m1/s1. The molecular formula is C25H30ClN3O3. The van der Waals surface area contributed by atoms with E-state index in [1.807, 2.05) is 45.2 Å². The lowest BCUT2D eigenvalue weighted by Crippen LogP contribution is -2.59. The lowest BCUT2D eigenvalue weighted by molar-refractivity contribution is -0.124. The Morgan fingerprint density at radius 1 is 1.12 bits per heavy atom. The number of Topliss-reactive ketones (excluding diaryl/α,β-unsaturated/α-hetero) is 1. The van der Waals surface area contributed by atoms with Gasteiger partial charge in [-0.1, -0.05) is 23.7 Å². The topological polar surface area (TPSA) is 62.7 Å². The highest BCUT2D eigenvalue weighted by molar-refractivity contribution is 6.30. The fraction of sp³-hybridized carbons (Fsp3) is 0.480. The van der Waals surface area contributed by atoms with Gasteiger partial charge in [0.1, 0.15) is 11.6 Å². The van der Waals surface area contributed by atoms with Crippen LogP contribution in [0.2, 0.25) is 5.02 Å². The monoisotopic (exact) mass is 455 g/mol. The van der Waals surface area contributed by atoms with Gasteiger partial charge in [-0.2, -0.15) is 0 Å². The van der Waals surface area contributed by atoms with Crippen LogP contribution in [0.15, 0.2) is 36.5 Å². The number of aromatic nitrogens is 1. The van der Waals surface area contributed by atoms with E-state index in [2.05, 4.69) is 17.0 Å². The van der Waals surface area contributed by atoms with Gasteiger partial charge in [-0.25, -0.2) is 4.79 Å². The Morgan fingerprint density at radius 3 is 2.59 bits per heavy atom. The zero-order valence-electron chi connectivity index (χ0n) is 19.1. The number of amides is 1. The summed E-state index contributed by atoms with van der Waals surface area (Å²) in [5.74, 6) is -0.0493. The van der Waals surface area contributed by atoms with Crippen molar-refractivity contribution in [3.05, 3.63) is 63.9 Å². The van der Waals surface area contributed by atoms with Gasteiger partial charge in [0.2, 0.25) is 0 Å². The summed E-state index contributed by atoms with van der Waals surface area (Å²) in [7, 11) is 0. The molecule has 0 saturated carbocycles. The molecule has 2 aliphatic rings. The van der Waals surface area contributed by atoms with E-state index in [1.165, 1.54) is 16.7 Å². The molecule has 170 valence electrons. The van der Waals surface area contributed by atoms with Crippen LogP contribution < -0.4 is 0 Å². The van der Waals surface area contributed by atoms with Crippen molar-refractivity contribution in [2.45, 2.75) is 58.2 Å². The molecule has 1 fully saturated rings. The SMILES string of the molecule is CC(=O)[C@H]1CN(C2c3ccc(Cl)cc3CCc3cccnc32)CCN1C(=O)OC(C)(C)C. The molecular weight excluding hydrogens is 426 g/mol. The zero-order chi connectivity index (χ0) is 23.0. The summed E-state index contributed by atoms with van der Waals surface area (Å²) >= 11 is 6.31. The van der Waals surface area contributed by atoms with Crippen LogP contribution in [0.25, 0.3) is 0 Å². The first-order chi connectivity index (χ1) is 15.1. The summed E-state index contributed by atoms with van der Waals surface area (Å²) in [5, 5.41) is 0.720. The summed E-state index contributed by atoms with van der Waals surface area (Å²) in [5.41, 5.74) is 3.98. The number of piperazine rings is 1. The molecule has 2 heterocycles. The fourth-order valence-corrected chi connectivity index (χ4v) is 4.87. The van der Waals surface area contributed by atoms with Crippen molar-refractivity contribution in [2.24, 2.45) is 0 Å². The molecule has 1 amide bonds. The van der Waals surface area contributed by atoms with Gasteiger partial charge in [-0.15, -0.1) is 0 Å². The number of hydrogen-bond acceptors (Lipinski definition) is 5. The fourth-order valence-electron chi connectivity index (χ4n) is 4.68. The van der Waals surface area contributed by atoms with Crippen LogP contribution in [0.5, 0.6) is 0 Å². The summed E-state index contributed by atoms with van der Waals surface area (Å²) < 4.78 is 5.57. The van der Waals surface area contributed by atoms with Gasteiger partial charge in [0.25, 0.3) is 0 Å².